The van der Waals surface area contributed by atoms with E-state index in [1.807, 2.05) is 0 Å². The van der Waals surface area contributed by atoms with Gasteiger partial charge >= 0.3 is 0 Å². The van der Waals surface area contributed by atoms with Crippen molar-refractivity contribution in [2.24, 2.45) is 57.8 Å². The standard InChI is InChI=1S/C37H70N4/c1-27(2)13-12-14-28(3)31-15-16-32-30-26-35(41-24-11-7-9-22-39)34-25-29(40-23-10-6-8-21-38)17-19-37(34,5)33(30)18-20-36(31,32)4/h25,27-33,35,40-41H,6-24,26,38-39H2,1-5H3/t28-,29+,30?,31-,32?,33?,35-,36-,37-/m1/s1. The van der Waals surface area contributed by atoms with Gasteiger partial charge < -0.3 is 22.1 Å². The number of hydrogen-bond donors (Lipinski definition) is 4. The summed E-state index contributed by atoms with van der Waals surface area (Å²) in [6, 6.07) is 1.11. The molecule has 0 bridgehead atoms. The number of nitrogens with one attached hydrogen (secondary N) is 2. The van der Waals surface area contributed by atoms with Crippen molar-refractivity contribution in [2.45, 2.75) is 149 Å². The van der Waals surface area contributed by atoms with Gasteiger partial charge in [0.2, 0.25) is 0 Å². The number of nitrogens with two attached hydrogens (primary N) is 2. The Morgan fingerprint density at radius 1 is 0.780 bits per heavy atom. The molecule has 4 aliphatic carbocycles. The molecule has 41 heavy (non-hydrogen) atoms. The monoisotopic (exact) mass is 571 g/mol. The van der Waals surface area contributed by atoms with E-state index in [1.54, 1.807) is 5.57 Å². The Balaban J connectivity index is 1.49. The molecule has 0 aromatic heterocycles. The van der Waals surface area contributed by atoms with E-state index in [9.17, 15) is 0 Å². The zero-order valence-electron chi connectivity index (χ0n) is 28.0. The van der Waals surface area contributed by atoms with Gasteiger partial charge in [0.25, 0.3) is 0 Å². The van der Waals surface area contributed by atoms with E-state index in [0.29, 0.717) is 22.9 Å². The van der Waals surface area contributed by atoms with Crippen LogP contribution in [0.25, 0.3) is 0 Å². The summed E-state index contributed by atoms with van der Waals surface area (Å²) >= 11 is 0. The van der Waals surface area contributed by atoms with Gasteiger partial charge in [-0.3, -0.25) is 0 Å². The molecule has 4 rings (SSSR count). The van der Waals surface area contributed by atoms with Crippen LogP contribution in [0, 0.1) is 46.3 Å². The molecule has 4 heteroatoms. The van der Waals surface area contributed by atoms with Gasteiger partial charge in [0.05, 0.1) is 0 Å². The van der Waals surface area contributed by atoms with Crippen LogP contribution in [0.4, 0.5) is 0 Å². The lowest BCUT2D eigenvalue weighted by molar-refractivity contribution is -0.0659. The Bertz CT molecular complexity index is 809. The highest BCUT2D eigenvalue weighted by molar-refractivity contribution is 5.31. The molecule has 0 aliphatic heterocycles. The number of rotatable bonds is 17. The van der Waals surface area contributed by atoms with Crippen molar-refractivity contribution in [2.75, 3.05) is 26.2 Å². The minimum Gasteiger partial charge on any atom is -0.330 e. The van der Waals surface area contributed by atoms with Gasteiger partial charge in [0, 0.05) is 12.1 Å². The first-order chi connectivity index (χ1) is 19.7. The van der Waals surface area contributed by atoms with Crippen molar-refractivity contribution in [3.8, 4) is 0 Å². The van der Waals surface area contributed by atoms with Gasteiger partial charge in [-0.2, -0.15) is 0 Å². The third kappa shape index (κ3) is 7.81. The van der Waals surface area contributed by atoms with Crippen LogP contribution < -0.4 is 22.1 Å². The Kier molecular flexibility index (Phi) is 12.7. The molecule has 0 aromatic carbocycles. The predicted octanol–water partition coefficient (Wildman–Crippen LogP) is 7.81. The van der Waals surface area contributed by atoms with Gasteiger partial charge in [-0.25, -0.2) is 0 Å². The molecule has 3 fully saturated rings. The zero-order chi connectivity index (χ0) is 29.5. The Morgan fingerprint density at radius 2 is 1.49 bits per heavy atom. The number of fused-ring (bicyclic) bond motifs is 5. The SMILES string of the molecule is CC(C)CCC[C@@H](C)[C@H]1CCC2C3C[C@@H](NCCCCCN)C4=C[C@@H](NCCCCCN)CC[C@]4(C)C3CC[C@@]21C. The fourth-order valence-electron chi connectivity index (χ4n) is 10.6. The first-order valence-electron chi connectivity index (χ1n) is 18.3. The van der Waals surface area contributed by atoms with E-state index < -0.39 is 0 Å². The summed E-state index contributed by atoms with van der Waals surface area (Å²) in [7, 11) is 0. The maximum Gasteiger partial charge on any atom is 0.0288 e. The minimum absolute atomic E-state index is 0.373. The second-order valence-electron chi connectivity index (χ2n) is 16.0. The predicted molar refractivity (Wildman–Crippen MR) is 178 cm³/mol. The van der Waals surface area contributed by atoms with Crippen LogP contribution in [-0.4, -0.2) is 38.3 Å². The summed E-state index contributed by atoms with van der Waals surface area (Å²) in [5.74, 6) is 5.37. The molecule has 0 spiro atoms. The largest absolute Gasteiger partial charge is 0.330 e. The van der Waals surface area contributed by atoms with Gasteiger partial charge in [0.1, 0.15) is 0 Å². The highest BCUT2D eigenvalue weighted by Crippen LogP contribution is 2.67. The van der Waals surface area contributed by atoms with E-state index in [1.165, 1.54) is 89.9 Å². The van der Waals surface area contributed by atoms with E-state index in [4.69, 9.17) is 11.5 Å². The Morgan fingerprint density at radius 3 is 2.17 bits per heavy atom. The van der Waals surface area contributed by atoms with E-state index in [2.05, 4.69) is 51.3 Å². The van der Waals surface area contributed by atoms with E-state index >= 15 is 0 Å². The summed E-state index contributed by atoms with van der Waals surface area (Å²) in [6.45, 7) is 16.8. The van der Waals surface area contributed by atoms with Gasteiger partial charge in [-0.1, -0.05) is 72.8 Å². The molecular weight excluding hydrogens is 500 g/mol. The second-order valence-corrected chi connectivity index (χ2v) is 16.0. The number of hydrogen-bond acceptors (Lipinski definition) is 4. The lowest BCUT2D eigenvalue weighted by Gasteiger charge is -2.61. The molecule has 238 valence electrons. The summed E-state index contributed by atoms with van der Waals surface area (Å²) < 4.78 is 0. The third-order valence-electron chi connectivity index (χ3n) is 12.9. The van der Waals surface area contributed by atoms with Crippen molar-refractivity contribution < 1.29 is 0 Å². The van der Waals surface area contributed by atoms with Crippen molar-refractivity contribution in [3.05, 3.63) is 11.6 Å². The normalized spacial score (nSPS) is 37.4. The maximum atomic E-state index is 5.81. The lowest BCUT2D eigenvalue weighted by Crippen LogP contribution is -2.57. The molecule has 0 saturated heterocycles. The van der Waals surface area contributed by atoms with Crippen LogP contribution in [0.15, 0.2) is 11.6 Å². The average molecular weight is 571 g/mol. The number of unbranched alkanes of at least 4 members (excludes halogenated alkanes) is 4. The molecule has 0 heterocycles. The van der Waals surface area contributed by atoms with E-state index in [-0.39, 0.29) is 0 Å². The molecule has 0 aromatic rings. The highest BCUT2D eigenvalue weighted by atomic mass is 14.9. The van der Waals surface area contributed by atoms with E-state index in [0.717, 1.165) is 74.5 Å². The van der Waals surface area contributed by atoms with Crippen LogP contribution in [0.3, 0.4) is 0 Å². The smallest absolute Gasteiger partial charge is 0.0288 e. The minimum atomic E-state index is 0.373. The topological polar surface area (TPSA) is 76.1 Å². The Labute approximate surface area is 255 Å². The van der Waals surface area contributed by atoms with Gasteiger partial charge in [-0.05, 0) is 149 Å². The molecule has 0 radical (unpaired) electrons. The molecule has 3 saturated carbocycles. The summed E-state index contributed by atoms with van der Waals surface area (Å²) in [6.07, 6.45) is 24.3. The Hall–Kier alpha value is -0.420. The summed E-state index contributed by atoms with van der Waals surface area (Å²) in [4.78, 5) is 0. The first kappa shape index (κ1) is 33.5. The van der Waals surface area contributed by atoms with Crippen molar-refractivity contribution in [1.29, 1.82) is 0 Å². The lowest BCUT2D eigenvalue weighted by atomic mass is 9.45. The third-order valence-corrected chi connectivity index (χ3v) is 12.9. The van der Waals surface area contributed by atoms with Crippen LogP contribution in [0.1, 0.15) is 137 Å². The fourth-order valence-corrected chi connectivity index (χ4v) is 10.6. The molecule has 6 N–H and O–H groups in total. The molecule has 3 unspecified atom stereocenters. The molecule has 0 amide bonds. The molecular formula is C37H70N4. The zero-order valence-corrected chi connectivity index (χ0v) is 28.0. The summed E-state index contributed by atoms with van der Waals surface area (Å²) in [5.41, 5.74) is 14.2. The average Bonchev–Trinajstić information content (AvgIpc) is 3.30. The first-order valence-corrected chi connectivity index (χ1v) is 18.3. The van der Waals surface area contributed by atoms with Crippen molar-refractivity contribution in [3.63, 3.8) is 0 Å². The quantitative estimate of drug-likeness (QED) is 0.106. The highest BCUT2D eigenvalue weighted by Gasteiger charge is 2.60. The van der Waals surface area contributed by atoms with Crippen LogP contribution in [0.5, 0.6) is 0 Å². The van der Waals surface area contributed by atoms with Gasteiger partial charge in [0.15, 0.2) is 0 Å². The fraction of sp³-hybridized carbons (Fsp3) is 0.946. The molecule has 9 atom stereocenters. The van der Waals surface area contributed by atoms with Crippen LogP contribution >= 0.6 is 0 Å². The van der Waals surface area contributed by atoms with Crippen LogP contribution in [-0.2, 0) is 0 Å². The van der Waals surface area contributed by atoms with Crippen LogP contribution in [0.2, 0.25) is 0 Å². The maximum absolute atomic E-state index is 5.81. The second kappa shape index (κ2) is 15.5. The van der Waals surface area contributed by atoms with Gasteiger partial charge in [-0.15, -0.1) is 0 Å². The summed E-state index contributed by atoms with van der Waals surface area (Å²) in [5, 5.41) is 8.09. The van der Waals surface area contributed by atoms with Crippen molar-refractivity contribution in [1.82, 2.24) is 10.6 Å². The van der Waals surface area contributed by atoms with Crippen molar-refractivity contribution >= 4 is 0 Å². The molecule has 4 aliphatic rings. The molecule has 4 nitrogen and oxygen atoms in total.